The zero-order valence-electron chi connectivity index (χ0n) is 11.4. The summed E-state index contributed by atoms with van der Waals surface area (Å²) in [6.45, 7) is 4.11. The highest BCUT2D eigenvalue weighted by molar-refractivity contribution is 6.08. The van der Waals surface area contributed by atoms with Gasteiger partial charge in [-0.3, -0.25) is 0 Å². The zero-order valence-corrected chi connectivity index (χ0v) is 11.4. The summed E-state index contributed by atoms with van der Waals surface area (Å²) in [5.41, 5.74) is 9.60. The van der Waals surface area contributed by atoms with Crippen LogP contribution < -0.4 is 5.73 Å². The molecule has 0 aliphatic heterocycles. The van der Waals surface area contributed by atoms with Crippen LogP contribution in [0.4, 0.5) is 0 Å². The Kier molecular flexibility index (Phi) is 6.10. The quantitative estimate of drug-likeness (QED) is 0.781. The lowest BCUT2D eigenvalue weighted by molar-refractivity contribution is 1.45. The van der Waals surface area contributed by atoms with Crippen molar-refractivity contribution in [3.63, 3.8) is 0 Å². The SMILES string of the molecule is Cc1ccc(/C(C=N)=C/N)cc1.Cc1ccccc1. The molecular formula is C17H20N2. The molecule has 2 rings (SSSR count). The van der Waals surface area contributed by atoms with Gasteiger partial charge >= 0.3 is 0 Å². The van der Waals surface area contributed by atoms with Crippen LogP contribution in [0.2, 0.25) is 0 Å². The maximum atomic E-state index is 7.08. The first-order chi connectivity index (χ1) is 9.17. The average molecular weight is 252 g/mol. The van der Waals surface area contributed by atoms with E-state index < -0.39 is 0 Å². The van der Waals surface area contributed by atoms with Gasteiger partial charge < -0.3 is 11.1 Å². The average Bonchev–Trinajstić information content (AvgIpc) is 2.44. The Bertz CT molecular complexity index is 525. The second-order valence-electron chi connectivity index (χ2n) is 4.29. The van der Waals surface area contributed by atoms with E-state index in [1.54, 1.807) is 0 Å². The van der Waals surface area contributed by atoms with Gasteiger partial charge in [0.25, 0.3) is 0 Å². The molecule has 0 heterocycles. The number of nitrogens with one attached hydrogen (secondary N) is 1. The molecule has 2 aromatic carbocycles. The molecule has 0 unspecified atom stereocenters. The van der Waals surface area contributed by atoms with Gasteiger partial charge in [-0.1, -0.05) is 65.7 Å². The van der Waals surface area contributed by atoms with Crippen molar-refractivity contribution in [3.8, 4) is 0 Å². The molecule has 3 N–H and O–H groups in total. The molecule has 0 saturated heterocycles. The van der Waals surface area contributed by atoms with Gasteiger partial charge in [0.2, 0.25) is 0 Å². The van der Waals surface area contributed by atoms with Gasteiger partial charge in [-0.15, -0.1) is 0 Å². The second-order valence-corrected chi connectivity index (χ2v) is 4.29. The van der Waals surface area contributed by atoms with Crippen LogP contribution in [0.5, 0.6) is 0 Å². The number of rotatable bonds is 2. The summed E-state index contributed by atoms with van der Waals surface area (Å²) in [5, 5.41) is 7.08. The minimum absolute atomic E-state index is 0.745. The van der Waals surface area contributed by atoms with Crippen molar-refractivity contribution in [1.29, 1.82) is 5.41 Å². The van der Waals surface area contributed by atoms with Crippen LogP contribution in [-0.2, 0) is 0 Å². The highest BCUT2D eigenvalue weighted by atomic mass is 14.5. The molecule has 0 saturated carbocycles. The molecule has 0 aliphatic rings. The molecule has 0 bridgehead atoms. The smallest absolute Gasteiger partial charge is 0.0270 e. The summed E-state index contributed by atoms with van der Waals surface area (Å²) in [6.07, 6.45) is 2.70. The molecule has 2 nitrogen and oxygen atoms in total. The maximum absolute atomic E-state index is 7.08. The lowest BCUT2D eigenvalue weighted by Crippen LogP contribution is -1.90. The van der Waals surface area contributed by atoms with Gasteiger partial charge in [0.05, 0.1) is 0 Å². The number of benzene rings is 2. The van der Waals surface area contributed by atoms with E-state index in [1.807, 2.05) is 49.4 Å². The Morgan fingerprint density at radius 3 is 1.79 bits per heavy atom. The number of nitrogens with two attached hydrogens (primary N) is 1. The lowest BCUT2D eigenvalue weighted by Gasteiger charge is -1.99. The van der Waals surface area contributed by atoms with Crippen molar-refractivity contribution in [1.82, 2.24) is 0 Å². The van der Waals surface area contributed by atoms with E-state index in [0.29, 0.717) is 0 Å². The molecular weight excluding hydrogens is 232 g/mol. The minimum atomic E-state index is 0.745. The summed E-state index contributed by atoms with van der Waals surface area (Å²) < 4.78 is 0. The largest absolute Gasteiger partial charge is 0.404 e. The summed E-state index contributed by atoms with van der Waals surface area (Å²) in [7, 11) is 0. The number of hydrogen-bond acceptors (Lipinski definition) is 2. The monoisotopic (exact) mass is 252 g/mol. The van der Waals surface area contributed by atoms with Gasteiger partial charge in [0.1, 0.15) is 0 Å². The second kappa shape index (κ2) is 7.88. The number of allylic oxidation sites excluding steroid dienone is 1. The zero-order chi connectivity index (χ0) is 14.1. The van der Waals surface area contributed by atoms with Gasteiger partial charge in [-0.05, 0) is 19.4 Å². The molecule has 0 aliphatic carbocycles. The van der Waals surface area contributed by atoms with Crippen LogP contribution >= 0.6 is 0 Å². The van der Waals surface area contributed by atoms with Crippen molar-refractivity contribution in [2.45, 2.75) is 13.8 Å². The van der Waals surface area contributed by atoms with Crippen molar-refractivity contribution in [2.75, 3.05) is 0 Å². The Morgan fingerprint density at radius 1 is 0.895 bits per heavy atom. The van der Waals surface area contributed by atoms with E-state index >= 15 is 0 Å². The first kappa shape index (κ1) is 14.7. The van der Waals surface area contributed by atoms with Gasteiger partial charge in [-0.2, -0.15) is 0 Å². The van der Waals surface area contributed by atoms with E-state index in [4.69, 9.17) is 11.1 Å². The predicted molar refractivity (Wildman–Crippen MR) is 83.3 cm³/mol. The summed E-state index contributed by atoms with van der Waals surface area (Å²) in [6, 6.07) is 18.2. The summed E-state index contributed by atoms with van der Waals surface area (Å²) >= 11 is 0. The summed E-state index contributed by atoms with van der Waals surface area (Å²) in [5.74, 6) is 0. The van der Waals surface area contributed by atoms with E-state index in [-0.39, 0.29) is 0 Å². The van der Waals surface area contributed by atoms with Crippen molar-refractivity contribution in [3.05, 3.63) is 77.5 Å². The van der Waals surface area contributed by atoms with Crippen LogP contribution in [-0.4, -0.2) is 6.21 Å². The third-order valence-corrected chi connectivity index (χ3v) is 2.66. The number of hydrogen-bond donors (Lipinski definition) is 2. The molecule has 0 fully saturated rings. The molecule has 0 radical (unpaired) electrons. The minimum Gasteiger partial charge on any atom is -0.404 e. The van der Waals surface area contributed by atoms with E-state index in [0.717, 1.165) is 11.1 Å². The van der Waals surface area contributed by atoms with Crippen molar-refractivity contribution in [2.24, 2.45) is 5.73 Å². The van der Waals surface area contributed by atoms with E-state index in [2.05, 4.69) is 19.1 Å². The van der Waals surface area contributed by atoms with Gasteiger partial charge in [-0.25, -0.2) is 0 Å². The Labute approximate surface area is 115 Å². The van der Waals surface area contributed by atoms with Crippen LogP contribution in [0.15, 0.2) is 60.8 Å². The fourth-order valence-corrected chi connectivity index (χ4v) is 1.51. The molecule has 0 amide bonds. The summed E-state index contributed by atoms with van der Waals surface area (Å²) in [4.78, 5) is 0. The number of aryl methyl sites for hydroxylation is 2. The molecule has 2 aromatic rings. The Hall–Kier alpha value is -2.35. The van der Waals surface area contributed by atoms with Crippen LogP contribution in [0.3, 0.4) is 0 Å². The molecule has 19 heavy (non-hydrogen) atoms. The van der Waals surface area contributed by atoms with Crippen LogP contribution in [0.1, 0.15) is 16.7 Å². The molecule has 0 aromatic heterocycles. The third-order valence-electron chi connectivity index (χ3n) is 2.66. The fraction of sp³-hybridized carbons (Fsp3) is 0.118. The topological polar surface area (TPSA) is 49.9 Å². The third kappa shape index (κ3) is 5.21. The highest BCUT2D eigenvalue weighted by Gasteiger charge is 1.95. The first-order valence-electron chi connectivity index (χ1n) is 6.18. The van der Waals surface area contributed by atoms with E-state index in [9.17, 15) is 0 Å². The Balaban J connectivity index is 0.000000218. The van der Waals surface area contributed by atoms with Gasteiger partial charge in [0, 0.05) is 18.0 Å². The van der Waals surface area contributed by atoms with Gasteiger partial charge in [0.15, 0.2) is 0 Å². The first-order valence-corrected chi connectivity index (χ1v) is 6.18. The molecule has 98 valence electrons. The fourth-order valence-electron chi connectivity index (χ4n) is 1.51. The normalized spacial score (nSPS) is 10.3. The van der Waals surface area contributed by atoms with Crippen LogP contribution in [0.25, 0.3) is 5.57 Å². The standard InChI is InChI=1S/C10H12N2.C7H8/c1-8-2-4-9(5-3-8)10(6-11)7-12;1-7-5-3-2-4-6-7/h2-7,11H,12H2,1H3;2-6H,1H3/b10-7+,11-6?;. The molecule has 0 spiro atoms. The lowest BCUT2D eigenvalue weighted by atomic mass is 10.1. The van der Waals surface area contributed by atoms with E-state index in [1.165, 1.54) is 23.5 Å². The van der Waals surface area contributed by atoms with Crippen molar-refractivity contribution >= 4 is 11.8 Å². The highest BCUT2D eigenvalue weighted by Crippen LogP contribution is 2.11. The predicted octanol–water partition coefficient (Wildman–Crippen LogP) is 3.94. The van der Waals surface area contributed by atoms with Crippen LogP contribution in [0, 0.1) is 19.3 Å². The molecule has 0 atom stereocenters. The maximum Gasteiger partial charge on any atom is 0.0270 e. The molecule has 2 heteroatoms. The Morgan fingerprint density at radius 2 is 1.42 bits per heavy atom. The van der Waals surface area contributed by atoms with Crippen molar-refractivity contribution < 1.29 is 0 Å².